The van der Waals surface area contributed by atoms with Gasteiger partial charge in [-0.15, -0.1) is 23.2 Å². The van der Waals surface area contributed by atoms with Crippen LogP contribution in [0.3, 0.4) is 0 Å². The number of halogens is 2. The fourth-order valence-corrected chi connectivity index (χ4v) is 12.8. The van der Waals surface area contributed by atoms with E-state index in [4.69, 9.17) is 38.4 Å². The van der Waals surface area contributed by atoms with Crippen molar-refractivity contribution in [2.24, 2.45) is 17.6 Å². The van der Waals surface area contributed by atoms with Gasteiger partial charge in [0.05, 0.1) is 17.4 Å². The Morgan fingerprint density at radius 1 is 0.670 bits per heavy atom. The van der Waals surface area contributed by atoms with Crippen LogP contribution in [0.25, 0.3) is 21.5 Å². The average Bonchev–Trinajstić information content (AvgIpc) is 1.80. The molecule has 9 rings (SSSR count). The molecule has 21 heteroatoms. The number of Topliss-reactive ketones (excluding diaryl/α,β-unsaturated/α-hetero) is 2. The lowest BCUT2D eigenvalue weighted by Crippen LogP contribution is -2.48. The van der Waals surface area contributed by atoms with Crippen LogP contribution in [0, 0.1) is 11.8 Å². The van der Waals surface area contributed by atoms with Gasteiger partial charge in [-0.2, -0.15) is 0 Å². The number of nitrogens with one attached hydrogen (secondary N) is 2. The number of benzene rings is 5. The van der Waals surface area contributed by atoms with Gasteiger partial charge in [0.25, 0.3) is 11.8 Å². The first-order chi connectivity index (χ1) is 42.4. The van der Waals surface area contributed by atoms with Gasteiger partial charge in [-0.3, -0.25) is 38.5 Å². The molecule has 8 amide bonds. The highest BCUT2D eigenvalue weighted by Gasteiger charge is 2.38. The molecule has 0 saturated carbocycles. The van der Waals surface area contributed by atoms with Gasteiger partial charge in [0.2, 0.25) is 17.7 Å². The maximum absolute atomic E-state index is 14.4. The van der Waals surface area contributed by atoms with E-state index in [2.05, 4.69) is 15.5 Å². The number of anilines is 2. The molecule has 4 atom stereocenters. The summed E-state index contributed by atoms with van der Waals surface area (Å²) in [6, 6.07) is 25.0. The molecule has 0 aromatic heterocycles. The van der Waals surface area contributed by atoms with Gasteiger partial charge in [-0.05, 0) is 78.1 Å². The molecular formula is C67H78Cl2N8O11. The predicted octanol–water partition coefficient (Wildman–Crippen LogP) is 9.29. The number of alkyl halides is 2. The first kappa shape index (κ1) is 64.6. The van der Waals surface area contributed by atoms with Crippen LogP contribution in [0.4, 0.5) is 21.0 Å². The molecule has 19 nitrogen and oxygen atoms in total. The van der Waals surface area contributed by atoms with Crippen LogP contribution in [0.5, 0.6) is 11.5 Å². The van der Waals surface area contributed by atoms with Crippen molar-refractivity contribution >= 4 is 109 Å². The quantitative estimate of drug-likeness (QED) is 0.0241. The predicted molar refractivity (Wildman–Crippen MR) is 339 cm³/mol. The summed E-state index contributed by atoms with van der Waals surface area (Å²) in [6.45, 7) is 7.64. The number of amides is 8. The average molecular weight is 1240 g/mol. The van der Waals surface area contributed by atoms with Crippen LogP contribution in [0.15, 0.2) is 97.1 Å². The summed E-state index contributed by atoms with van der Waals surface area (Å²) in [7, 11) is 2.02. The second kappa shape index (κ2) is 29.9. The molecular weight excluding hydrogens is 1160 g/mol. The van der Waals surface area contributed by atoms with Gasteiger partial charge in [0.1, 0.15) is 23.9 Å². The molecule has 1 fully saturated rings. The Labute approximate surface area is 523 Å². The largest absolute Gasteiger partial charge is 0.488 e. The third-order valence-corrected chi connectivity index (χ3v) is 18.0. The molecule has 4 aliphatic heterocycles. The summed E-state index contributed by atoms with van der Waals surface area (Å²) in [6.07, 6.45) is 5.04. The Kier molecular flexibility index (Phi) is 21.9. The van der Waals surface area contributed by atoms with Gasteiger partial charge >= 0.3 is 12.1 Å². The number of fused-ring (bicyclic) bond motifs is 6. The van der Waals surface area contributed by atoms with E-state index < -0.39 is 30.0 Å². The lowest BCUT2D eigenvalue weighted by atomic mass is 9.88. The van der Waals surface area contributed by atoms with Gasteiger partial charge in [-0.25, -0.2) is 9.59 Å². The van der Waals surface area contributed by atoms with Crippen molar-refractivity contribution in [2.45, 2.75) is 109 Å². The summed E-state index contributed by atoms with van der Waals surface area (Å²) in [4.78, 5) is 127. The number of urea groups is 1. The number of primary amides is 1. The number of nitrogens with zero attached hydrogens (tertiary/aromatic N) is 5. The van der Waals surface area contributed by atoms with Gasteiger partial charge in [-0.1, -0.05) is 93.1 Å². The van der Waals surface area contributed by atoms with E-state index in [-0.39, 0.29) is 129 Å². The second-order valence-electron chi connectivity index (χ2n) is 23.7. The number of piperazine rings is 1. The van der Waals surface area contributed by atoms with E-state index in [0.717, 1.165) is 51.3 Å². The molecule has 88 heavy (non-hydrogen) atoms. The van der Waals surface area contributed by atoms with Crippen LogP contribution in [0.2, 0.25) is 0 Å². The highest BCUT2D eigenvalue weighted by molar-refractivity contribution is 6.20. The Bertz CT molecular complexity index is 3460. The Balaban J connectivity index is 0.819. The minimum Gasteiger partial charge on any atom is -0.488 e. The summed E-state index contributed by atoms with van der Waals surface area (Å²) in [5.74, 6) is -1.45. The number of ketones is 2. The van der Waals surface area contributed by atoms with Crippen molar-refractivity contribution in [3.05, 3.63) is 119 Å². The number of hydrogen-bond acceptors (Lipinski definition) is 12. The molecule has 4 aliphatic rings. The Morgan fingerprint density at radius 3 is 1.80 bits per heavy atom. The molecule has 4 heterocycles. The lowest BCUT2D eigenvalue weighted by molar-refractivity contribution is -0.137. The van der Waals surface area contributed by atoms with Crippen LogP contribution < -0.4 is 35.6 Å². The highest BCUT2D eigenvalue weighted by atomic mass is 35.5. The minimum absolute atomic E-state index is 0.00427. The van der Waals surface area contributed by atoms with Gasteiger partial charge in [0.15, 0.2) is 5.78 Å². The van der Waals surface area contributed by atoms with Crippen LogP contribution in [-0.2, 0) is 46.6 Å². The minimum atomic E-state index is -0.909. The maximum Gasteiger partial charge on any atom is 0.415 e. The molecule has 0 radical (unpaired) electrons. The van der Waals surface area contributed by atoms with Gasteiger partial charge < -0.3 is 45.4 Å². The molecule has 0 unspecified atom stereocenters. The molecule has 5 aromatic carbocycles. The van der Waals surface area contributed by atoms with Crippen molar-refractivity contribution in [1.29, 1.82) is 0 Å². The maximum atomic E-state index is 14.4. The third kappa shape index (κ3) is 15.5. The SMILES string of the molecule is CC(C)[C@H](CC(=O)CCCCCN1C(=O)C=CC1=O)C(=O)N[C@@H](CCCNC(N)=O)C(=O)Cc1ccc(COc2cc3c(c4ccccc24)[C@H](CCl)CN3C(=O)CCCC(=O)N2C[C@@H](CCl)c3c2cc(OC(=O)N2CCN(C)CC2)c2ccccc32)cc1. The monoisotopic (exact) mass is 1240 g/mol. The number of carbonyl (C=O) groups excluding carboxylic acids is 9. The number of nitrogens with two attached hydrogens (primary N) is 1. The zero-order valence-corrected chi connectivity index (χ0v) is 51.8. The topological polar surface area (TPSA) is 238 Å². The number of ether oxygens (including phenoxy) is 2. The summed E-state index contributed by atoms with van der Waals surface area (Å²) >= 11 is 13.2. The first-order valence-electron chi connectivity index (χ1n) is 30.5. The zero-order chi connectivity index (χ0) is 62.6. The summed E-state index contributed by atoms with van der Waals surface area (Å²) in [5, 5.41) is 8.87. The number of hydrogen-bond donors (Lipinski definition) is 3. The van der Waals surface area contributed by atoms with Crippen molar-refractivity contribution in [3.63, 3.8) is 0 Å². The van der Waals surface area contributed by atoms with Crippen LogP contribution >= 0.6 is 23.2 Å². The third-order valence-electron chi connectivity index (χ3n) is 17.3. The van der Waals surface area contributed by atoms with E-state index in [1.54, 1.807) is 20.8 Å². The van der Waals surface area contributed by atoms with E-state index in [1.807, 2.05) is 99.8 Å². The summed E-state index contributed by atoms with van der Waals surface area (Å²) < 4.78 is 12.7. The molecule has 5 aromatic rings. The lowest BCUT2D eigenvalue weighted by Gasteiger charge is -2.31. The van der Waals surface area contributed by atoms with E-state index >= 15 is 0 Å². The van der Waals surface area contributed by atoms with E-state index in [9.17, 15) is 43.2 Å². The number of rotatable bonds is 28. The van der Waals surface area contributed by atoms with Crippen LogP contribution in [0.1, 0.15) is 112 Å². The molecule has 466 valence electrons. The fourth-order valence-electron chi connectivity index (χ4n) is 12.3. The molecule has 0 aliphatic carbocycles. The highest BCUT2D eigenvalue weighted by Crippen LogP contribution is 2.48. The number of likely N-dealkylation sites (N-methyl/N-ethyl adjacent to an activating group) is 1. The molecule has 0 bridgehead atoms. The number of imide groups is 1. The number of carbonyl (C=O) groups is 9. The zero-order valence-electron chi connectivity index (χ0n) is 50.2. The molecule has 1 saturated heterocycles. The Hall–Kier alpha value is -7.87. The summed E-state index contributed by atoms with van der Waals surface area (Å²) in [5.41, 5.74) is 10.0. The van der Waals surface area contributed by atoms with Gasteiger partial charge in [0, 0.05) is 149 Å². The second-order valence-corrected chi connectivity index (χ2v) is 24.4. The van der Waals surface area contributed by atoms with Crippen LogP contribution in [-0.4, -0.2) is 145 Å². The fraction of sp³-hybridized carbons (Fsp3) is 0.448. The molecule has 4 N–H and O–H groups in total. The smallest absolute Gasteiger partial charge is 0.415 e. The van der Waals surface area contributed by atoms with E-state index in [0.29, 0.717) is 80.3 Å². The van der Waals surface area contributed by atoms with E-state index in [1.165, 1.54) is 17.1 Å². The first-order valence-corrected chi connectivity index (χ1v) is 31.6. The molecule has 0 spiro atoms. The number of unbranched alkanes of at least 4 members (excludes halogenated alkanes) is 2. The van der Waals surface area contributed by atoms with Crippen molar-refractivity contribution in [1.82, 2.24) is 25.3 Å². The normalized spacial score (nSPS) is 17.2. The standard InChI is InChI=1S/C67H78Cl2N8O11/c1-42(2)52(34-47(78)13-5-4-10-28-75-61(82)25-26-62(75)83)65(84)72-53(18-12-27-71-66(70)85)56(79)33-43-21-23-44(24-22-43)41-87-57-35-54-63(50-16-8-6-14-48(50)57)45(37-68)39-76(54)59(80)19-11-20-60(81)77-40-46(38-69)64-51-17-9-7-15-49(51)58(36-55(64)77)88-67(86)74-31-29-73(3)30-32-74/h6-9,14-17,21-26,35-36,42,45-46,52-53H,4-5,10-13,18-20,27-34,37-41H2,1-3H3,(H,72,84)(H3,70,71,85)/t45-,46-,52+,53+/m1/s1. The van der Waals surface area contributed by atoms with Crippen molar-refractivity contribution in [3.8, 4) is 11.5 Å². The van der Waals surface area contributed by atoms with Crippen molar-refractivity contribution < 1.29 is 52.6 Å². The van der Waals surface area contributed by atoms with Crippen molar-refractivity contribution in [2.75, 3.05) is 81.0 Å². The Morgan fingerprint density at radius 2 is 1.23 bits per heavy atom.